The maximum atomic E-state index is 10.9. The second-order valence-corrected chi connectivity index (χ2v) is 5.26. The van der Waals surface area contributed by atoms with E-state index in [9.17, 15) is 4.79 Å². The summed E-state index contributed by atoms with van der Waals surface area (Å²) in [7, 11) is 0. The molecule has 0 bridgehead atoms. The Labute approximate surface area is 93.3 Å². The van der Waals surface area contributed by atoms with E-state index in [0.29, 0.717) is 12.3 Å². The molecule has 1 aliphatic rings. The molecule has 1 unspecified atom stereocenters. The molecule has 0 saturated heterocycles. The summed E-state index contributed by atoms with van der Waals surface area (Å²) in [5.74, 6) is -0.413. The topological polar surface area (TPSA) is 50.2 Å². The Kier molecular flexibility index (Phi) is 2.78. The van der Waals surface area contributed by atoms with Gasteiger partial charge in [-0.2, -0.15) is 4.37 Å². The summed E-state index contributed by atoms with van der Waals surface area (Å²) >= 11 is 1.49. The van der Waals surface area contributed by atoms with Crippen LogP contribution in [0.2, 0.25) is 0 Å². The van der Waals surface area contributed by atoms with E-state index in [1.54, 1.807) is 0 Å². The van der Waals surface area contributed by atoms with Crippen molar-refractivity contribution in [1.29, 1.82) is 0 Å². The SMILES string of the molecule is CC(C)c1nsc2c1CCC(C(=O)O)C2. The minimum atomic E-state index is -0.667. The first-order valence-electron chi connectivity index (χ1n) is 5.29. The monoisotopic (exact) mass is 225 g/mol. The molecule has 4 heteroatoms. The lowest BCUT2D eigenvalue weighted by Crippen LogP contribution is -2.21. The second kappa shape index (κ2) is 3.93. The van der Waals surface area contributed by atoms with Crippen molar-refractivity contribution in [2.24, 2.45) is 5.92 Å². The van der Waals surface area contributed by atoms with Gasteiger partial charge in [0.05, 0.1) is 11.6 Å². The molecule has 2 rings (SSSR count). The fourth-order valence-electron chi connectivity index (χ4n) is 2.09. The van der Waals surface area contributed by atoms with Gasteiger partial charge in [-0.25, -0.2) is 0 Å². The fourth-order valence-corrected chi connectivity index (χ4v) is 3.22. The summed E-state index contributed by atoms with van der Waals surface area (Å²) in [6, 6.07) is 0. The summed E-state index contributed by atoms with van der Waals surface area (Å²) in [6.45, 7) is 4.28. The zero-order chi connectivity index (χ0) is 11.0. The average molecular weight is 225 g/mol. The van der Waals surface area contributed by atoms with Crippen LogP contribution in [-0.2, 0) is 17.6 Å². The highest BCUT2D eigenvalue weighted by Crippen LogP contribution is 2.33. The minimum Gasteiger partial charge on any atom is -0.481 e. The summed E-state index contributed by atoms with van der Waals surface area (Å²) in [4.78, 5) is 12.1. The lowest BCUT2D eigenvalue weighted by molar-refractivity contribution is -0.142. The Hall–Kier alpha value is -0.900. The van der Waals surface area contributed by atoms with Gasteiger partial charge < -0.3 is 5.11 Å². The third kappa shape index (κ3) is 1.91. The van der Waals surface area contributed by atoms with E-state index >= 15 is 0 Å². The predicted octanol–water partition coefficient (Wildman–Crippen LogP) is 2.46. The average Bonchev–Trinajstić information content (AvgIpc) is 2.59. The predicted molar refractivity (Wildman–Crippen MR) is 59.4 cm³/mol. The number of hydrogen-bond donors (Lipinski definition) is 1. The van der Waals surface area contributed by atoms with Gasteiger partial charge in [0.25, 0.3) is 0 Å². The van der Waals surface area contributed by atoms with E-state index in [2.05, 4.69) is 18.2 Å². The number of aliphatic carboxylic acids is 1. The molecule has 0 saturated carbocycles. The maximum absolute atomic E-state index is 10.9. The Morgan fingerprint density at radius 2 is 2.33 bits per heavy atom. The number of nitrogens with zero attached hydrogens (tertiary/aromatic N) is 1. The first-order chi connectivity index (χ1) is 7.09. The Bertz CT molecular complexity index is 384. The molecule has 1 N–H and O–H groups in total. The highest BCUT2D eigenvalue weighted by atomic mass is 32.1. The van der Waals surface area contributed by atoms with E-state index in [4.69, 9.17) is 5.11 Å². The van der Waals surface area contributed by atoms with E-state index in [1.165, 1.54) is 27.7 Å². The van der Waals surface area contributed by atoms with Crippen molar-refractivity contribution in [2.45, 2.75) is 39.0 Å². The van der Waals surface area contributed by atoms with Gasteiger partial charge in [-0.3, -0.25) is 4.79 Å². The van der Waals surface area contributed by atoms with E-state index in [1.807, 2.05) is 0 Å². The van der Waals surface area contributed by atoms with Crippen molar-refractivity contribution < 1.29 is 9.90 Å². The quantitative estimate of drug-likeness (QED) is 0.841. The molecule has 1 heterocycles. The van der Waals surface area contributed by atoms with Crippen molar-refractivity contribution >= 4 is 17.5 Å². The molecule has 1 atom stereocenters. The van der Waals surface area contributed by atoms with Crippen molar-refractivity contribution in [2.75, 3.05) is 0 Å². The van der Waals surface area contributed by atoms with Crippen LogP contribution in [0, 0.1) is 5.92 Å². The van der Waals surface area contributed by atoms with Crippen LogP contribution in [-0.4, -0.2) is 15.4 Å². The van der Waals surface area contributed by atoms with Gasteiger partial charge in [-0.05, 0) is 42.3 Å². The molecule has 15 heavy (non-hydrogen) atoms. The van der Waals surface area contributed by atoms with E-state index < -0.39 is 5.97 Å². The molecule has 3 nitrogen and oxygen atoms in total. The van der Waals surface area contributed by atoms with Crippen LogP contribution in [0.5, 0.6) is 0 Å². The van der Waals surface area contributed by atoms with Crippen LogP contribution in [0.15, 0.2) is 0 Å². The fraction of sp³-hybridized carbons (Fsp3) is 0.636. The Morgan fingerprint density at radius 1 is 1.60 bits per heavy atom. The molecular formula is C11H15NO2S. The van der Waals surface area contributed by atoms with Crippen molar-refractivity contribution in [3.63, 3.8) is 0 Å². The lowest BCUT2D eigenvalue weighted by atomic mass is 9.86. The number of aromatic nitrogens is 1. The van der Waals surface area contributed by atoms with Crippen molar-refractivity contribution in [3.05, 3.63) is 16.1 Å². The maximum Gasteiger partial charge on any atom is 0.306 e. The van der Waals surface area contributed by atoms with Gasteiger partial charge in [0.15, 0.2) is 0 Å². The van der Waals surface area contributed by atoms with Gasteiger partial charge in [0, 0.05) is 4.88 Å². The second-order valence-electron chi connectivity index (χ2n) is 4.40. The van der Waals surface area contributed by atoms with E-state index in [0.717, 1.165) is 12.8 Å². The molecule has 0 aromatic carbocycles. The molecule has 0 radical (unpaired) electrons. The first kappa shape index (κ1) is 10.6. The van der Waals surface area contributed by atoms with Gasteiger partial charge in [-0.1, -0.05) is 13.8 Å². The largest absolute Gasteiger partial charge is 0.481 e. The zero-order valence-corrected chi connectivity index (χ0v) is 9.80. The molecule has 0 amide bonds. The Morgan fingerprint density at radius 3 is 2.93 bits per heavy atom. The highest BCUT2D eigenvalue weighted by molar-refractivity contribution is 7.06. The number of carbonyl (C=O) groups is 1. The van der Waals surface area contributed by atoms with Crippen molar-refractivity contribution in [1.82, 2.24) is 4.37 Å². The number of fused-ring (bicyclic) bond motifs is 1. The molecule has 1 aromatic rings. The lowest BCUT2D eigenvalue weighted by Gasteiger charge is -2.18. The third-order valence-corrected chi connectivity index (χ3v) is 3.89. The normalized spacial score (nSPS) is 20.3. The number of rotatable bonds is 2. The van der Waals surface area contributed by atoms with Crippen LogP contribution < -0.4 is 0 Å². The summed E-state index contributed by atoms with van der Waals surface area (Å²) in [5.41, 5.74) is 2.51. The standard InChI is InChI=1S/C11H15NO2S/c1-6(2)10-8-4-3-7(11(13)14)5-9(8)15-12-10/h6-7H,3-5H2,1-2H3,(H,13,14). The molecule has 82 valence electrons. The molecule has 0 aliphatic heterocycles. The summed E-state index contributed by atoms with van der Waals surface area (Å²) in [5, 5.41) is 8.96. The zero-order valence-electron chi connectivity index (χ0n) is 8.99. The molecular weight excluding hydrogens is 210 g/mol. The van der Waals surface area contributed by atoms with Gasteiger partial charge >= 0.3 is 5.97 Å². The number of carboxylic acid groups (broad SMARTS) is 1. The van der Waals surface area contributed by atoms with Gasteiger partial charge in [0.1, 0.15) is 0 Å². The highest BCUT2D eigenvalue weighted by Gasteiger charge is 2.28. The van der Waals surface area contributed by atoms with Crippen LogP contribution in [0.25, 0.3) is 0 Å². The van der Waals surface area contributed by atoms with Gasteiger partial charge in [-0.15, -0.1) is 0 Å². The Balaban J connectivity index is 2.26. The van der Waals surface area contributed by atoms with Gasteiger partial charge in [0.2, 0.25) is 0 Å². The van der Waals surface area contributed by atoms with Crippen LogP contribution in [0.4, 0.5) is 0 Å². The summed E-state index contributed by atoms with van der Waals surface area (Å²) < 4.78 is 4.44. The molecule has 1 aliphatic carbocycles. The smallest absolute Gasteiger partial charge is 0.306 e. The van der Waals surface area contributed by atoms with Crippen LogP contribution in [0.1, 0.15) is 42.3 Å². The minimum absolute atomic E-state index is 0.196. The number of carboxylic acids is 1. The van der Waals surface area contributed by atoms with Crippen LogP contribution in [0.3, 0.4) is 0 Å². The molecule has 1 aromatic heterocycles. The first-order valence-corrected chi connectivity index (χ1v) is 6.07. The molecule has 0 spiro atoms. The number of hydrogen-bond acceptors (Lipinski definition) is 3. The van der Waals surface area contributed by atoms with E-state index in [-0.39, 0.29) is 5.92 Å². The van der Waals surface area contributed by atoms with Crippen molar-refractivity contribution in [3.8, 4) is 0 Å². The third-order valence-electron chi connectivity index (χ3n) is 2.97. The summed E-state index contributed by atoms with van der Waals surface area (Å²) in [6.07, 6.45) is 2.33. The van der Waals surface area contributed by atoms with Crippen LogP contribution >= 0.6 is 11.5 Å². The molecule has 0 fully saturated rings.